The molecule has 0 bridgehead atoms. The van der Waals surface area contributed by atoms with Crippen molar-refractivity contribution in [2.45, 2.75) is 23.3 Å². The monoisotopic (exact) mass is 275 g/mol. The van der Waals surface area contributed by atoms with Crippen molar-refractivity contribution in [3.8, 4) is 5.75 Å². The summed E-state index contributed by atoms with van der Waals surface area (Å²) in [5.74, 6) is 1.74. The van der Waals surface area contributed by atoms with Gasteiger partial charge < -0.3 is 10.1 Å². The van der Waals surface area contributed by atoms with Gasteiger partial charge in [-0.15, -0.1) is 0 Å². The highest BCUT2D eigenvalue weighted by Crippen LogP contribution is 2.36. The number of benzene rings is 1. The summed E-state index contributed by atoms with van der Waals surface area (Å²) in [4.78, 5) is 9.69. The molecule has 0 amide bonds. The van der Waals surface area contributed by atoms with Gasteiger partial charge >= 0.3 is 0 Å². The van der Waals surface area contributed by atoms with Crippen molar-refractivity contribution in [1.82, 2.24) is 9.97 Å². The van der Waals surface area contributed by atoms with Crippen LogP contribution in [0, 0.1) is 0 Å². The molecule has 0 saturated heterocycles. The molecule has 5 heteroatoms. The van der Waals surface area contributed by atoms with E-state index < -0.39 is 0 Å². The Morgan fingerprint density at radius 3 is 2.74 bits per heavy atom. The zero-order valence-electron chi connectivity index (χ0n) is 11.3. The second-order valence-corrected chi connectivity index (χ2v) is 4.89. The lowest BCUT2D eigenvalue weighted by Crippen LogP contribution is -2.01. The van der Waals surface area contributed by atoms with Crippen LogP contribution in [0.4, 0.5) is 5.82 Å². The molecule has 0 aliphatic heterocycles. The fourth-order valence-electron chi connectivity index (χ4n) is 1.83. The van der Waals surface area contributed by atoms with E-state index in [4.69, 9.17) is 4.74 Å². The van der Waals surface area contributed by atoms with Crippen molar-refractivity contribution in [3.05, 3.63) is 36.2 Å². The molecule has 0 fully saturated rings. The van der Waals surface area contributed by atoms with Gasteiger partial charge in [0.15, 0.2) is 0 Å². The normalized spacial score (nSPS) is 10.3. The van der Waals surface area contributed by atoms with Crippen LogP contribution in [0.3, 0.4) is 0 Å². The van der Waals surface area contributed by atoms with Crippen LogP contribution >= 0.6 is 11.8 Å². The number of anilines is 1. The van der Waals surface area contributed by atoms with Gasteiger partial charge in [-0.3, -0.25) is 0 Å². The third-order valence-electron chi connectivity index (χ3n) is 2.77. The average Bonchev–Trinajstić information content (AvgIpc) is 2.47. The Labute approximate surface area is 117 Å². The van der Waals surface area contributed by atoms with Crippen molar-refractivity contribution >= 4 is 17.6 Å². The number of nitrogens with one attached hydrogen (secondary N) is 1. The van der Waals surface area contributed by atoms with Gasteiger partial charge in [0.1, 0.15) is 22.9 Å². The Morgan fingerprint density at radius 2 is 2.05 bits per heavy atom. The molecule has 19 heavy (non-hydrogen) atoms. The van der Waals surface area contributed by atoms with E-state index in [0.29, 0.717) is 0 Å². The second kappa shape index (κ2) is 6.43. The highest BCUT2D eigenvalue weighted by Gasteiger charge is 2.12. The molecule has 2 aromatic rings. The maximum atomic E-state index is 5.37. The van der Waals surface area contributed by atoms with Gasteiger partial charge in [0.05, 0.1) is 12.0 Å². The Bertz CT molecular complexity index is 560. The SMILES string of the molecule is CCc1c(NC)ncnc1Sc1ccccc1OC. The lowest BCUT2D eigenvalue weighted by Gasteiger charge is -2.12. The molecule has 0 aliphatic carbocycles. The minimum atomic E-state index is 0.860. The fraction of sp³-hybridized carbons (Fsp3) is 0.286. The molecule has 0 radical (unpaired) electrons. The van der Waals surface area contributed by atoms with Gasteiger partial charge in [0.2, 0.25) is 0 Å². The Morgan fingerprint density at radius 1 is 1.26 bits per heavy atom. The van der Waals surface area contributed by atoms with Crippen LogP contribution in [0.25, 0.3) is 0 Å². The van der Waals surface area contributed by atoms with Crippen molar-refractivity contribution in [1.29, 1.82) is 0 Å². The van der Waals surface area contributed by atoms with Crippen LogP contribution < -0.4 is 10.1 Å². The molecular formula is C14H17N3OS. The largest absolute Gasteiger partial charge is 0.496 e. The van der Waals surface area contributed by atoms with E-state index in [1.54, 1.807) is 25.2 Å². The summed E-state index contributed by atoms with van der Waals surface area (Å²) < 4.78 is 5.37. The highest BCUT2D eigenvalue weighted by molar-refractivity contribution is 7.99. The van der Waals surface area contributed by atoms with E-state index >= 15 is 0 Å². The van der Waals surface area contributed by atoms with E-state index in [2.05, 4.69) is 22.2 Å². The summed E-state index contributed by atoms with van der Waals surface area (Å²) >= 11 is 1.60. The van der Waals surface area contributed by atoms with Crippen LogP contribution in [-0.2, 0) is 6.42 Å². The van der Waals surface area contributed by atoms with E-state index in [1.165, 1.54) is 0 Å². The molecule has 4 nitrogen and oxygen atoms in total. The highest BCUT2D eigenvalue weighted by atomic mass is 32.2. The number of hydrogen-bond acceptors (Lipinski definition) is 5. The van der Waals surface area contributed by atoms with Gasteiger partial charge in [-0.05, 0) is 18.6 Å². The predicted octanol–water partition coefficient (Wildman–Crippen LogP) is 3.24. The predicted molar refractivity (Wildman–Crippen MR) is 78.1 cm³/mol. The van der Waals surface area contributed by atoms with Crippen LogP contribution in [0.2, 0.25) is 0 Å². The first kappa shape index (κ1) is 13.7. The number of aromatic nitrogens is 2. The quantitative estimate of drug-likeness (QED) is 0.849. The molecule has 1 aromatic carbocycles. The molecule has 0 aliphatic rings. The molecule has 0 atom stereocenters. The Balaban J connectivity index is 2.38. The van der Waals surface area contributed by atoms with Crippen LogP contribution in [0.15, 0.2) is 40.5 Å². The molecule has 1 N–H and O–H groups in total. The zero-order chi connectivity index (χ0) is 13.7. The summed E-state index contributed by atoms with van der Waals surface area (Å²) in [6, 6.07) is 7.94. The van der Waals surface area contributed by atoms with Gasteiger partial charge in [-0.1, -0.05) is 30.8 Å². The van der Waals surface area contributed by atoms with E-state index in [9.17, 15) is 0 Å². The topological polar surface area (TPSA) is 47.0 Å². The maximum Gasteiger partial charge on any atom is 0.133 e. The number of hydrogen-bond donors (Lipinski definition) is 1. The smallest absolute Gasteiger partial charge is 0.133 e. The summed E-state index contributed by atoms with van der Waals surface area (Å²) in [6.45, 7) is 2.10. The van der Waals surface area contributed by atoms with Crippen LogP contribution in [0.5, 0.6) is 5.75 Å². The number of rotatable bonds is 5. The first-order valence-electron chi connectivity index (χ1n) is 6.12. The van der Waals surface area contributed by atoms with Gasteiger partial charge in [-0.2, -0.15) is 0 Å². The number of ether oxygens (including phenoxy) is 1. The molecule has 1 aromatic heterocycles. The van der Waals surface area contributed by atoms with Gasteiger partial charge in [0.25, 0.3) is 0 Å². The van der Waals surface area contributed by atoms with E-state index in [0.717, 1.165) is 33.5 Å². The average molecular weight is 275 g/mol. The van der Waals surface area contributed by atoms with Gasteiger partial charge in [0, 0.05) is 12.6 Å². The lowest BCUT2D eigenvalue weighted by atomic mass is 10.2. The van der Waals surface area contributed by atoms with Crippen molar-refractivity contribution < 1.29 is 4.74 Å². The summed E-state index contributed by atoms with van der Waals surface area (Å²) in [5.41, 5.74) is 1.13. The molecule has 0 saturated carbocycles. The standard InChI is InChI=1S/C14H17N3OS/c1-4-10-13(15-2)16-9-17-14(10)19-12-8-6-5-7-11(12)18-3/h5-9H,4H2,1-3H3,(H,15,16,17). The van der Waals surface area contributed by atoms with Gasteiger partial charge in [-0.25, -0.2) is 9.97 Å². The first-order valence-corrected chi connectivity index (χ1v) is 6.94. The molecular weight excluding hydrogens is 258 g/mol. The first-order chi connectivity index (χ1) is 9.30. The number of nitrogens with zero attached hydrogens (tertiary/aromatic N) is 2. The summed E-state index contributed by atoms with van der Waals surface area (Å²) in [5, 5.41) is 4.07. The van der Waals surface area contributed by atoms with Crippen molar-refractivity contribution in [2.75, 3.05) is 19.5 Å². The van der Waals surface area contributed by atoms with Crippen molar-refractivity contribution in [3.63, 3.8) is 0 Å². The van der Waals surface area contributed by atoms with Crippen LogP contribution in [0.1, 0.15) is 12.5 Å². The number of methoxy groups -OCH3 is 1. The molecule has 1 heterocycles. The minimum Gasteiger partial charge on any atom is -0.496 e. The fourth-order valence-corrected chi connectivity index (χ4v) is 2.90. The van der Waals surface area contributed by atoms with E-state index in [1.807, 2.05) is 31.3 Å². The third-order valence-corrected chi connectivity index (χ3v) is 3.87. The third kappa shape index (κ3) is 2.98. The minimum absolute atomic E-state index is 0.860. The summed E-state index contributed by atoms with van der Waals surface area (Å²) in [6.07, 6.45) is 2.47. The Hall–Kier alpha value is -1.75. The van der Waals surface area contributed by atoms with Crippen LogP contribution in [-0.4, -0.2) is 24.1 Å². The van der Waals surface area contributed by atoms with E-state index in [-0.39, 0.29) is 0 Å². The molecule has 100 valence electrons. The molecule has 0 spiro atoms. The number of para-hydroxylation sites is 1. The Kier molecular flexibility index (Phi) is 4.63. The summed E-state index contributed by atoms with van der Waals surface area (Å²) in [7, 11) is 3.55. The molecule has 2 rings (SSSR count). The lowest BCUT2D eigenvalue weighted by molar-refractivity contribution is 0.405. The second-order valence-electron chi connectivity index (χ2n) is 3.86. The van der Waals surface area contributed by atoms with Crippen molar-refractivity contribution in [2.24, 2.45) is 0 Å². The maximum absolute atomic E-state index is 5.37. The zero-order valence-corrected chi connectivity index (χ0v) is 12.1. The molecule has 0 unspecified atom stereocenters.